The highest BCUT2D eigenvalue weighted by Crippen LogP contribution is 2.25. The maximum absolute atomic E-state index is 11.4. The number of carbonyl (C=O) groups excluding carboxylic acids is 2. The molecule has 86 valence electrons. The molecule has 0 saturated heterocycles. The smallest absolute Gasteiger partial charge is 0.236 e. The van der Waals surface area contributed by atoms with Crippen LogP contribution in [0.1, 0.15) is 32.1 Å². The van der Waals surface area contributed by atoms with E-state index in [1.807, 2.05) is 0 Å². The standard InChI is InChI=1S/C10H19N3O2/c11-8-3-1-2-7(4-8)5-10(15)13-6-9(12)14/h7-8H,1-6,11H2,(H2,12,14)(H,13,15). The summed E-state index contributed by atoms with van der Waals surface area (Å²) < 4.78 is 0. The molecule has 5 heteroatoms. The summed E-state index contributed by atoms with van der Waals surface area (Å²) in [5.41, 5.74) is 10.7. The Morgan fingerprint density at radius 2 is 2.07 bits per heavy atom. The van der Waals surface area contributed by atoms with Crippen LogP contribution in [0.4, 0.5) is 0 Å². The number of nitrogens with two attached hydrogens (primary N) is 2. The Balaban J connectivity index is 2.22. The average Bonchev–Trinajstić information content (AvgIpc) is 2.15. The lowest BCUT2D eigenvalue weighted by atomic mass is 9.84. The molecule has 2 atom stereocenters. The minimum Gasteiger partial charge on any atom is -0.368 e. The number of hydrogen-bond donors (Lipinski definition) is 3. The fourth-order valence-electron chi connectivity index (χ4n) is 2.04. The van der Waals surface area contributed by atoms with Gasteiger partial charge in [-0.25, -0.2) is 0 Å². The number of rotatable bonds is 4. The van der Waals surface area contributed by atoms with E-state index < -0.39 is 5.91 Å². The Labute approximate surface area is 89.6 Å². The summed E-state index contributed by atoms with van der Waals surface area (Å²) >= 11 is 0. The van der Waals surface area contributed by atoms with Crippen molar-refractivity contribution in [3.8, 4) is 0 Å². The Bertz CT molecular complexity index is 243. The van der Waals surface area contributed by atoms with Crippen molar-refractivity contribution in [2.45, 2.75) is 38.1 Å². The fraction of sp³-hybridized carbons (Fsp3) is 0.800. The van der Waals surface area contributed by atoms with Gasteiger partial charge in [0.2, 0.25) is 11.8 Å². The summed E-state index contributed by atoms with van der Waals surface area (Å²) in [7, 11) is 0. The van der Waals surface area contributed by atoms with Crippen LogP contribution < -0.4 is 16.8 Å². The van der Waals surface area contributed by atoms with Gasteiger partial charge in [0, 0.05) is 12.5 Å². The second-order valence-electron chi connectivity index (χ2n) is 4.24. The maximum Gasteiger partial charge on any atom is 0.236 e. The molecule has 0 aliphatic heterocycles. The number of primary amides is 1. The Morgan fingerprint density at radius 3 is 2.67 bits per heavy atom. The normalized spacial score (nSPS) is 25.9. The van der Waals surface area contributed by atoms with Crippen molar-refractivity contribution in [3.63, 3.8) is 0 Å². The number of carbonyl (C=O) groups is 2. The quantitative estimate of drug-likeness (QED) is 0.587. The first-order chi connectivity index (χ1) is 7.08. The molecule has 1 aliphatic rings. The zero-order chi connectivity index (χ0) is 11.3. The van der Waals surface area contributed by atoms with Gasteiger partial charge in [0.05, 0.1) is 6.54 Å². The average molecular weight is 213 g/mol. The third kappa shape index (κ3) is 4.78. The zero-order valence-corrected chi connectivity index (χ0v) is 8.87. The Hall–Kier alpha value is -1.10. The molecule has 2 amide bonds. The lowest BCUT2D eigenvalue weighted by Gasteiger charge is -2.25. The van der Waals surface area contributed by atoms with Crippen LogP contribution in [0.15, 0.2) is 0 Å². The van der Waals surface area contributed by atoms with E-state index in [1.54, 1.807) is 0 Å². The third-order valence-electron chi connectivity index (χ3n) is 2.76. The monoisotopic (exact) mass is 213 g/mol. The van der Waals surface area contributed by atoms with Crippen LogP contribution in [-0.2, 0) is 9.59 Å². The van der Waals surface area contributed by atoms with Gasteiger partial charge in [-0.3, -0.25) is 9.59 Å². The number of amides is 2. The molecule has 0 radical (unpaired) electrons. The van der Waals surface area contributed by atoms with Crippen molar-refractivity contribution in [1.82, 2.24) is 5.32 Å². The summed E-state index contributed by atoms with van der Waals surface area (Å²) in [5.74, 6) is -0.252. The van der Waals surface area contributed by atoms with Gasteiger partial charge < -0.3 is 16.8 Å². The van der Waals surface area contributed by atoms with Gasteiger partial charge in [-0.1, -0.05) is 6.42 Å². The lowest BCUT2D eigenvalue weighted by molar-refractivity contribution is -0.125. The SMILES string of the molecule is NC(=O)CNC(=O)CC1CCCC(N)C1. The van der Waals surface area contributed by atoms with Gasteiger partial charge in [0.15, 0.2) is 0 Å². The van der Waals surface area contributed by atoms with Gasteiger partial charge in [-0.05, 0) is 25.2 Å². The van der Waals surface area contributed by atoms with Gasteiger partial charge in [-0.2, -0.15) is 0 Å². The minimum atomic E-state index is -0.510. The van der Waals surface area contributed by atoms with Crippen LogP contribution in [0.3, 0.4) is 0 Å². The predicted molar refractivity (Wildman–Crippen MR) is 56.8 cm³/mol. The zero-order valence-electron chi connectivity index (χ0n) is 8.87. The maximum atomic E-state index is 11.4. The van der Waals surface area contributed by atoms with Crippen molar-refractivity contribution in [2.75, 3.05) is 6.54 Å². The van der Waals surface area contributed by atoms with Crippen LogP contribution in [0, 0.1) is 5.92 Å². The van der Waals surface area contributed by atoms with Gasteiger partial charge >= 0.3 is 0 Å². The van der Waals surface area contributed by atoms with E-state index in [0.717, 1.165) is 25.7 Å². The van der Waals surface area contributed by atoms with Crippen LogP contribution in [0.25, 0.3) is 0 Å². The van der Waals surface area contributed by atoms with Crippen molar-refractivity contribution in [2.24, 2.45) is 17.4 Å². The molecule has 2 unspecified atom stereocenters. The van der Waals surface area contributed by atoms with Crippen LogP contribution >= 0.6 is 0 Å². The molecule has 5 nitrogen and oxygen atoms in total. The predicted octanol–water partition coefficient (Wildman–Crippen LogP) is -0.504. The molecule has 0 heterocycles. The summed E-state index contributed by atoms with van der Waals surface area (Å²) in [5, 5.41) is 2.49. The third-order valence-corrected chi connectivity index (χ3v) is 2.76. The van der Waals surface area contributed by atoms with E-state index >= 15 is 0 Å². The van der Waals surface area contributed by atoms with Crippen LogP contribution in [0.2, 0.25) is 0 Å². The van der Waals surface area contributed by atoms with E-state index in [1.165, 1.54) is 0 Å². The largest absolute Gasteiger partial charge is 0.368 e. The first-order valence-electron chi connectivity index (χ1n) is 5.38. The summed E-state index contributed by atoms with van der Waals surface area (Å²) in [6.45, 7) is -0.0718. The molecule has 1 rings (SSSR count). The molecule has 15 heavy (non-hydrogen) atoms. The van der Waals surface area contributed by atoms with Crippen molar-refractivity contribution in [3.05, 3.63) is 0 Å². The van der Waals surface area contributed by atoms with E-state index in [-0.39, 0.29) is 18.5 Å². The lowest BCUT2D eigenvalue weighted by Crippen LogP contribution is -2.36. The number of hydrogen-bond acceptors (Lipinski definition) is 3. The molecular formula is C10H19N3O2. The van der Waals surface area contributed by atoms with Gasteiger partial charge in [0.25, 0.3) is 0 Å². The molecule has 5 N–H and O–H groups in total. The van der Waals surface area contributed by atoms with Gasteiger partial charge in [-0.15, -0.1) is 0 Å². The molecule has 1 aliphatic carbocycles. The molecular weight excluding hydrogens is 194 g/mol. The first kappa shape index (κ1) is 12.0. The van der Waals surface area contributed by atoms with Crippen LogP contribution in [-0.4, -0.2) is 24.4 Å². The van der Waals surface area contributed by atoms with Crippen molar-refractivity contribution >= 4 is 11.8 Å². The minimum absolute atomic E-state index is 0.0718. The van der Waals surface area contributed by atoms with Crippen LogP contribution in [0.5, 0.6) is 0 Å². The summed E-state index contributed by atoms with van der Waals surface area (Å²) in [6.07, 6.45) is 4.57. The summed E-state index contributed by atoms with van der Waals surface area (Å²) in [4.78, 5) is 21.8. The number of nitrogens with one attached hydrogen (secondary N) is 1. The molecule has 0 aromatic carbocycles. The molecule has 0 aromatic rings. The highest BCUT2D eigenvalue weighted by Gasteiger charge is 2.21. The molecule has 1 saturated carbocycles. The van der Waals surface area contributed by atoms with Gasteiger partial charge in [0.1, 0.15) is 0 Å². The highest BCUT2D eigenvalue weighted by molar-refractivity contribution is 5.83. The molecule has 1 fully saturated rings. The Kier molecular flexibility index (Phi) is 4.55. The highest BCUT2D eigenvalue weighted by atomic mass is 16.2. The first-order valence-corrected chi connectivity index (χ1v) is 5.38. The second-order valence-corrected chi connectivity index (χ2v) is 4.24. The Morgan fingerprint density at radius 1 is 1.33 bits per heavy atom. The van der Waals surface area contributed by atoms with E-state index in [9.17, 15) is 9.59 Å². The van der Waals surface area contributed by atoms with Crippen molar-refractivity contribution < 1.29 is 9.59 Å². The van der Waals surface area contributed by atoms with Crippen molar-refractivity contribution in [1.29, 1.82) is 0 Å². The molecule has 0 bridgehead atoms. The van der Waals surface area contributed by atoms with E-state index in [2.05, 4.69) is 5.32 Å². The van der Waals surface area contributed by atoms with E-state index in [4.69, 9.17) is 11.5 Å². The second kappa shape index (κ2) is 5.70. The molecule has 0 spiro atoms. The fourth-order valence-corrected chi connectivity index (χ4v) is 2.04. The molecule has 0 aromatic heterocycles. The summed E-state index contributed by atoms with van der Waals surface area (Å²) in [6, 6.07) is 0.229. The van der Waals surface area contributed by atoms with E-state index in [0.29, 0.717) is 12.3 Å². The topological polar surface area (TPSA) is 98.2 Å².